The summed E-state index contributed by atoms with van der Waals surface area (Å²) in [4.78, 5) is 1.70. The molecule has 0 amide bonds. The van der Waals surface area contributed by atoms with Gasteiger partial charge in [-0.3, -0.25) is 0 Å². The zero-order valence-corrected chi connectivity index (χ0v) is 13.2. The molecule has 1 fully saturated rings. The van der Waals surface area contributed by atoms with Crippen LogP contribution in [-0.4, -0.2) is 39.5 Å². The molecule has 3 nitrogen and oxygen atoms in total. The second kappa shape index (κ2) is 8.16. The molecule has 0 aromatic heterocycles. The normalized spacial score (nSPS) is 16.0. The Hall–Kier alpha value is -1.58. The minimum absolute atomic E-state index is 0.614. The number of piperidine rings is 1. The van der Waals surface area contributed by atoms with Crippen molar-refractivity contribution in [2.24, 2.45) is 0 Å². The van der Waals surface area contributed by atoms with Gasteiger partial charge < -0.3 is 14.4 Å². The number of hydrogen-bond donors (Lipinski definition) is 1. The topological polar surface area (TPSA) is 22.9 Å². The number of likely N-dealkylation sites (tertiary alicyclic amines) is 1. The molecule has 3 rings (SSSR count). The van der Waals surface area contributed by atoms with E-state index in [1.54, 1.807) is 4.90 Å². The van der Waals surface area contributed by atoms with Crippen molar-refractivity contribution in [2.75, 3.05) is 39.5 Å². The van der Waals surface area contributed by atoms with Crippen LogP contribution >= 0.6 is 0 Å². The van der Waals surface area contributed by atoms with Gasteiger partial charge in [-0.15, -0.1) is 0 Å². The van der Waals surface area contributed by atoms with Crippen LogP contribution in [0.15, 0.2) is 42.5 Å². The highest BCUT2D eigenvalue weighted by Crippen LogP contribution is 2.24. The summed E-state index contributed by atoms with van der Waals surface area (Å²) in [7, 11) is 0. The lowest BCUT2D eigenvalue weighted by molar-refractivity contribution is -0.905. The van der Waals surface area contributed by atoms with Gasteiger partial charge >= 0.3 is 0 Å². The molecule has 0 bridgehead atoms. The Labute approximate surface area is 132 Å². The van der Waals surface area contributed by atoms with Crippen molar-refractivity contribution >= 4 is 10.8 Å². The fourth-order valence-corrected chi connectivity index (χ4v) is 3.15. The zero-order valence-electron chi connectivity index (χ0n) is 13.2. The highest BCUT2D eigenvalue weighted by Gasteiger charge is 2.12. The molecule has 1 aliphatic rings. The van der Waals surface area contributed by atoms with E-state index in [0.717, 1.165) is 18.9 Å². The number of rotatable bonds is 7. The average molecular weight is 300 g/mol. The van der Waals surface area contributed by atoms with Gasteiger partial charge in [0.15, 0.2) is 0 Å². The van der Waals surface area contributed by atoms with Gasteiger partial charge in [0.25, 0.3) is 0 Å². The molecule has 1 aliphatic heterocycles. The van der Waals surface area contributed by atoms with Crippen LogP contribution in [0.3, 0.4) is 0 Å². The summed E-state index contributed by atoms with van der Waals surface area (Å²) in [6.45, 7) is 5.88. The Morgan fingerprint density at radius 2 is 1.64 bits per heavy atom. The monoisotopic (exact) mass is 300 g/mol. The van der Waals surface area contributed by atoms with Crippen LogP contribution in [0.1, 0.15) is 19.3 Å². The maximum Gasteiger partial charge on any atom is 0.127 e. The van der Waals surface area contributed by atoms with Crippen molar-refractivity contribution in [3.8, 4) is 5.75 Å². The molecule has 0 radical (unpaired) electrons. The molecule has 0 saturated carbocycles. The van der Waals surface area contributed by atoms with Crippen LogP contribution in [0.5, 0.6) is 5.75 Å². The number of quaternary nitrogens is 1. The number of hydrogen-bond acceptors (Lipinski definition) is 2. The number of benzene rings is 2. The lowest BCUT2D eigenvalue weighted by Gasteiger charge is -2.23. The minimum atomic E-state index is 0.614. The Balaban J connectivity index is 1.37. The highest BCUT2D eigenvalue weighted by atomic mass is 16.5. The summed E-state index contributed by atoms with van der Waals surface area (Å²) in [5.74, 6) is 0.948. The largest absolute Gasteiger partial charge is 0.491 e. The lowest BCUT2D eigenvalue weighted by Crippen LogP contribution is -3.13. The molecule has 3 heteroatoms. The van der Waals surface area contributed by atoms with Gasteiger partial charge in [-0.25, -0.2) is 0 Å². The number of nitrogens with one attached hydrogen (secondary N) is 1. The highest BCUT2D eigenvalue weighted by molar-refractivity contribution is 5.88. The van der Waals surface area contributed by atoms with Crippen LogP contribution in [0.2, 0.25) is 0 Å². The molecule has 0 spiro atoms. The van der Waals surface area contributed by atoms with E-state index in [4.69, 9.17) is 9.47 Å². The third-order valence-corrected chi connectivity index (χ3v) is 4.40. The van der Waals surface area contributed by atoms with Gasteiger partial charge in [0.1, 0.15) is 18.9 Å². The summed E-state index contributed by atoms with van der Waals surface area (Å²) in [5, 5.41) is 2.39. The van der Waals surface area contributed by atoms with Gasteiger partial charge in [-0.05, 0) is 30.7 Å². The van der Waals surface area contributed by atoms with Crippen LogP contribution in [0, 0.1) is 0 Å². The van der Waals surface area contributed by atoms with Crippen molar-refractivity contribution < 1.29 is 14.4 Å². The molecule has 2 aromatic rings. The molecule has 1 saturated heterocycles. The molecule has 0 aliphatic carbocycles. The van der Waals surface area contributed by atoms with Gasteiger partial charge in [0, 0.05) is 5.39 Å². The second-order valence-electron chi connectivity index (χ2n) is 6.00. The van der Waals surface area contributed by atoms with E-state index in [9.17, 15) is 0 Å². The second-order valence-corrected chi connectivity index (χ2v) is 6.00. The summed E-state index contributed by atoms with van der Waals surface area (Å²) in [6, 6.07) is 14.5. The number of fused-ring (bicyclic) bond motifs is 1. The van der Waals surface area contributed by atoms with Crippen molar-refractivity contribution in [3.05, 3.63) is 42.5 Å². The fraction of sp³-hybridized carbons (Fsp3) is 0.474. The van der Waals surface area contributed by atoms with Crippen molar-refractivity contribution in [2.45, 2.75) is 19.3 Å². The van der Waals surface area contributed by atoms with Gasteiger partial charge in [0.05, 0.1) is 26.3 Å². The molecule has 118 valence electrons. The lowest BCUT2D eigenvalue weighted by atomic mass is 10.1. The molecule has 1 N–H and O–H groups in total. The maximum atomic E-state index is 5.88. The molecular formula is C19H26NO2+. The van der Waals surface area contributed by atoms with Gasteiger partial charge in [0.2, 0.25) is 0 Å². The van der Waals surface area contributed by atoms with E-state index in [1.807, 2.05) is 18.2 Å². The Bertz CT molecular complexity index is 573. The number of ether oxygens (including phenoxy) is 2. The maximum absolute atomic E-state index is 5.88. The summed E-state index contributed by atoms with van der Waals surface area (Å²) in [5.41, 5.74) is 0. The predicted octanol–water partition coefficient (Wildman–Crippen LogP) is 2.30. The van der Waals surface area contributed by atoms with Crippen LogP contribution in [0.25, 0.3) is 10.8 Å². The first-order chi connectivity index (χ1) is 10.9. The quantitative estimate of drug-likeness (QED) is 0.793. The van der Waals surface area contributed by atoms with Crippen LogP contribution in [-0.2, 0) is 4.74 Å². The van der Waals surface area contributed by atoms with E-state index in [0.29, 0.717) is 13.2 Å². The summed E-state index contributed by atoms with van der Waals surface area (Å²) < 4.78 is 11.6. The standard InChI is InChI=1S/C19H25NO2/c1-4-11-20(12-5-1)13-14-21-15-16-22-19-10-6-8-17-7-2-3-9-18(17)19/h2-3,6-10H,1,4-5,11-16H2/p+1. The summed E-state index contributed by atoms with van der Waals surface area (Å²) in [6.07, 6.45) is 4.16. The van der Waals surface area contributed by atoms with Crippen molar-refractivity contribution in [3.63, 3.8) is 0 Å². The molecular weight excluding hydrogens is 274 g/mol. The Kier molecular flexibility index (Phi) is 5.68. The van der Waals surface area contributed by atoms with Crippen molar-refractivity contribution in [1.82, 2.24) is 0 Å². The fourth-order valence-electron chi connectivity index (χ4n) is 3.15. The van der Waals surface area contributed by atoms with Crippen molar-refractivity contribution in [1.29, 1.82) is 0 Å². The Morgan fingerprint density at radius 1 is 0.818 bits per heavy atom. The average Bonchev–Trinajstić information content (AvgIpc) is 2.59. The minimum Gasteiger partial charge on any atom is -0.491 e. The van der Waals surface area contributed by atoms with Crippen LogP contribution < -0.4 is 9.64 Å². The first-order valence-corrected chi connectivity index (χ1v) is 8.45. The van der Waals surface area contributed by atoms with Gasteiger partial charge in [-0.1, -0.05) is 36.4 Å². The smallest absolute Gasteiger partial charge is 0.127 e. The predicted molar refractivity (Wildman–Crippen MR) is 89.7 cm³/mol. The molecule has 0 unspecified atom stereocenters. The first kappa shape index (κ1) is 15.3. The third-order valence-electron chi connectivity index (χ3n) is 4.40. The summed E-state index contributed by atoms with van der Waals surface area (Å²) >= 11 is 0. The molecule has 0 atom stereocenters. The zero-order chi connectivity index (χ0) is 15.0. The van der Waals surface area contributed by atoms with E-state index in [-0.39, 0.29) is 0 Å². The SMILES string of the molecule is c1ccc2c(OCCOCC[NH+]3CCCCC3)cccc2c1. The molecule has 2 aromatic carbocycles. The third kappa shape index (κ3) is 4.21. The molecule has 22 heavy (non-hydrogen) atoms. The molecule has 1 heterocycles. The Morgan fingerprint density at radius 3 is 2.55 bits per heavy atom. The van der Waals surface area contributed by atoms with E-state index < -0.39 is 0 Å². The van der Waals surface area contributed by atoms with Crippen LogP contribution in [0.4, 0.5) is 0 Å². The van der Waals surface area contributed by atoms with E-state index in [2.05, 4.69) is 24.3 Å². The van der Waals surface area contributed by atoms with E-state index in [1.165, 1.54) is 43.1 Å². The van der Waals surface area contributed by atoms with E-state index >= 15 is 0 Å². The van der Waals surface area contributed by atoms with Gasteiger partial charge in [-0.2, -0.15) is 0 Å². The first-order valence-electron chi connectivity index (χ1n) is 8.45.